The van der Waals surface area contributed by atoms with E-state index in [2.05, 4.69) is 5.10 Å². The largest absolute Gasteiger partial charge is 0.497 e. The van der Waals surface area contributed by atoms with Crippen molar-refractivity contribution in [1.82, 2.24) is 14.5 Å². The van der Waals surface area contributed by atoms with Crippen molar-refractivity contribution in [3.05, 3.63) is 60.4 Å². The normalized spacial score (nSPS) is 17.4. The molecule has 7 heteroatoms. The molecule has 0 aliphatic carbocycles. The number of benzene rings is 1. The Morgan fingerprint density at radius 1 is 1.15 bits per heavy atom. The number of ether oxygens (including phenoxy) is 1. The fraction of sp³-hybridized carbons (Fsp3) is 0.250. The predicted molar refractivity (Wildman–Crippen MR) is 101 cm³/mol. The monoisotopic (exact) mass is 364 g/mol. The molecular weight excluding hydrogens is 344 g/mol. The second-order valence-corrected chi connectivity index (χ2v) is 6.45. The van der Waals surface area contributed by atoms with E-state index in [-0.39, 0.29) is 11.8 Å². The molecule has 4 rings (SSSR count). The highest BCUT2D eigenvalue weighted by Crippen LogP contribution is 2.24. The van der Waals surface area contributed by atoms with Gasteiger partial charge in [0, 0.05) is 25.0 Å². The van der Waals surface area contributed by atoms with E-state index in [1.54, 1.807) is 40.7 Å². The Kier molecular flexibility index (Phi) is 4.27. The number of hydrogen-bond donors (Lipinski definition) is 0. The number of methoxy groups -OCH3 is 1. The molecule has 1 atom stereocenters. The lowest BCUT2D eigenvalue weighted by Gasteiger charge is -2.39. The SMILES string of the molecule is COc1ccc(N2CCN(C(=O)c3cnn4ccccc34)[C@H](C)C2=O)cc1. The van der Waals surface area contributed by atoms with Crippen LogP contribution >= 0.6 is 0 Å². The third-order valence-corrected chi connectivity index (χ3v) is 4.96. The summed E-state index contributed by atoms with van der Waals surface area (Å²) in [5.74, 6) is 0.462. The summed E-state index contributed by atoms with van der Waals surface area (Å²) < 4.78 is 6.83. The Balaban J connectivity index is 1.56. The molecule has 27 heavy (non-hydrogen) atoms. The average Bonchev–Trinajstić information content (AvgIpc) is 3.14. The molecule has 0 N–H and O–H groups in total. The number of rotatable bonds is 3. The molecule has 7 nitrogen and oxygen atoms in total. The number of hydrogen-bond acceptors (Lipinski definition) is 4. The van der Waals surface area contributed by atoms with Crippen molar-refractivity contribution >= 4 is 23.0 Å². The Morgan fingerprint density at radius 3 is 2.67 bits per heavy atom. The molecule has 1 saturated heterocycles. The zero-order chi connectivity index (χ0) is 19.0. The number of piperazine rings is 1. The van der Waals surface area contributed by atoms with E-state index >= 15 is 0 Å². The molecule has 1 aliphatic rings. The summed E-state index contributed by atoms with van der Waals surface area (Å²) in [5.41, 5.74) is 2.05. The van der Waals surface area contributed by atoms with Gasteiger partial charge in [-0.2, -0.15) is 5.10 Å². The van der Waals surface area contributed by atoms with Gasteiger partial charge in [-0.3, -0.25) is 9.59 Å². The van der Waals surface area contributed by atoms with Crippen LogP contribution in [0, 0.1) is 0 Å². The lowest BCUT2D eigenvalue weighted by atomic mass is 10.1. The van der Waals surface area contributed by atoms with Crippen LogP contribution in [0.5, 0.6) is 5.75 Å². The summed E-state index contributed by atoms with van der Waals surface area (Å²) in [5, 5.41) is 4.22. The number of aromatic nitrogens is 2. The van der Waals surface area contributed by atoms with Gasteiger partial charge in [0.05, 0.1) is 24.4 Å². The molecule has 0 saturated carbocycles. The van der Waals surface area contributed by atoms with E-state index in [1.165, 1.54) is 0 Å². The van der Waals surface area contributed by atoms with Gasteiger partial charge in [0.1, 0.15) is 11.8 Å². The van der Waals surface area contributed by atoms with Crippen LogP contribution in [-0.2, 0) is 4.79 Å². The minimum atomic E-state index is -0.549. The molecule has 1 fully saturated rings. The molecule has 0 spiro atoms. The van der Waals surface area contributed by atoms with Crippen LogP contribution in [-0.4, -0.2) is 52.6 Å². The molecule has 2 amide bonds. The molecule has 0 unspecified atom stereocenters. The summed E-state index contributed by atoms with van der Waals surface area (Å²) >= 11 is 0. The van der Waals surface area contributed by atoms with Gasteiger partial charge in [0.25, 0.3) is 5.91 Å². The molecule has 3 aromatic rings. The number of carbonyl (C=O) groups is 2. The number of pyridine rings is 1. The van der Waals surface area contributed by atoms with E-state index in [0.717, 1.165) is 17.0 Å². The molecule has 0 bridgehead atoms. The van der Waals surface area contributed by atoms with Gasteiger partial charge in [0.15, 0.2) is 0 Å². The first-order valence-electron chi connectivity index (χ1n) is 8.79. The highest BCUT2D eigenvalue weighted by Gasteiger charge is 2.36. The maximum absolute atomic E-state index is 13.0. The summed E-state index contributed by atoms with van der Waals surface area (Å²) in [4.78, 5) is 29.3. The van der Waals surface area contributed by atoms with Crippen LogP contribution < -0.4 is 9.64 Å². The first-order chi connectivity index (χ1) is 13.1. The molecular formula is C20H20N4O3. The predicted octanol–water partition coefficient (Wildman–Crippen LogP) is 2.22. The summed E-state index contributed by atoms with van der Waals surface area (Å²) in [7, 11) is 1.60. The number of amides is 2. The Bertz CT molecular complexity index is 996. The molecule has 0 radical (unpaired) electrons. The van der Waals surface area contributed by atoms with Crippen molar-refractivity contribution in [2.75, 3.05) is 25.1 Å². The Hall–Kier alpha value is -3.35. The second-order valence-electron chi connectivity index (χ2n) is 6.45. The Morgan fingerprint density at radius 2 is 1.93 bits per heavy atom. The van der Waals surface area contributed by atoms with Crippen LogP contribution in [0.1, 0.15) is 17.3 Å². The van der Waals surface area contributed by atoms with E-state index < -0.39 is 6.04 Å². The van der Waals surface area contributed by atoms with Crippen LogP contribution in [0.3, 0.4) is 0 Å². The van der Waals surface area contributed by atoms with Gasteiger partial charge >= 0.3 is 0 Å². The number of nitrogens with zero attached hydrogens (tertiary/aromatic N) is 4. The third kappa shape index (κ3) is 2.91. The molecule has 2 aromatic heterocycles. The first kappa shape index (κ1) is 17.1. The van der Waals surface area contributed by atoms with Crippen molar-refractivity contribution < 1.29 is 14.3 Å². The standard InChI is InChI=1S/C20H20N4O3/c1-14-19(25)23(15-6-8-16(27-2)9-7-15)12-11-22(14)20(26)17-13-21-24-10-4-3-5-18(17)24/h3-10,13-14H,11-12H2,1-2H3/t14-/m1/s1. The van der Waals surface area contributed by atoms with Crippen LogP contribution in [0.25, 0.3) is 5.52 Å². The number of fused-ring (bicyclic) bond motifs is 1. The van der Waals surface area contributed by atoms with Crippen LogP contribution in [0.2, 0.25) is 0 Å². The van der Waals surface area contributed by atoms with Gasteiger partial charge < -0.3 is 14.5 Å². The highest BCUT2D eigenvalue weighted by molar-refractivity contribution is 6.06. The lowest BCUT2D eigenvalue weighted by molar-refractivity contribution is -0.124. The van der Waals surface area contributed by atoms with E-state index in [0.29, 0.717) is 18.7 Å². The molecule has 1 aromatic carbocycles. The fourth-order valence-corrected chi connectivity index (χ4v) is 3.42. The smallest absolute Gasteiger partial charge is 0.258 e. The van der Waals surface area contributed by atoms with Crippen molar-refractivity contribution in [3.8, 4) is 5.75 Å². The first-order valence-corrected chi connectivity index (χ1v) is 8.79. The Labute approximate surface area is 156 Å². The zero-order valence-corrected chi connectivity index (χ0v) is 15.2. The third-order valence-electron chi connectivity index (χ3n) is 4.96. The van der Waals surface area contributed by atoms with E-state index in [9.17, 15) is 9.59 Å². The highest BCUT2D eigenvalue weighted by atomic mass is 16.5. The molecule has 3 heterocycles. The van der Waals surface area contributed by atoms with Crippen LogP contribution in [0.15, 0.2) is 54.9 Å². The maximum atomic E-state index is 13.0. The minimum Gasteiger partial charge on any atom is -0.497 e. The van der Waals surface area contributed by atoms with Crippen molar-refractivity contribution in [3.63, 3.8) is 0 Å². The van der Waals surface area contributed by atoms with Gasteiger partial charge in [0.2, 0.25) is 5.91 Å². The van der Waals surface area contributed by atoms with Crippen molar-refractivity contribution in [2.45, 2.75) is 13.0 Å². The van der Waals surface area contributed by atoms with Crippen molar-refractivity contribution in [1.29, 1.82) is 0 Å². The molecule has 138 valence electrons. The maximum Gasteiger partial charge on any atom is 0.258 e. The van der Waals surface area contributed by atoms with Crippen LogP contribution in [0.4, 0.5) is 5.69 Å². The fourth-order valence-electron chi connectivity index (χ4n) is 3.42. The van der Waals surface area contributed by atoms with E-state index in [1.807, 2.05) is 42.5 Å². The van der Waals surface area contributed by atoms with Gasteiger partial charge in [-0.25, -0.2) is 4.52 Å². The second kappa shape index (κ2) is 6.75. The summed E-state index contributed by atoms with van der Waals surface area (Å²) in [6.07, 6.45) is 3.35. The number of anilines is 1. The minimum absolute atomic E-state index is 0.101. The topological polar surface area (TPSA) is 67.2 Å². The number of carbonyl (C=O) groups excluding carboxylic acids is 2. The zero-order valence-electron chi connectivity index (χ0n) is 15.2. The van der Waals surface area contributed by atoms with Gasteiger partial charge in [-0.05, 0) is 43.3 Å². The van der Waals surface area contributed by atoms with E-state index in [4.69, 9.17) is 4.74 Å². The molecule has 1 aliphatic heterocycles. The van der Waals surface area contributed by atoms with Gasteiger partial charge in [-0.1, -0.05) is 6.07 Å². The average molecular weight is 364 g/mol. The lowest BCUT2D eigenvalue weighted by Crippen LogP contribution is -2.57. The van der Waals surface area contributed by atoms with Crippen molar-refractivity contribution in [2.24, 2.45) is 0 Å². The quantitative estimate of drug-likeness (QED) is 0.715. The summed E-state index contributed by atoms with van der Waals surface area (Å²) in [6.45, 7) is 2.67. The summed E-state index contributed by atoms with van der Waals surface area (Å²) in [6, 6.07) is 12.4. The van der Waals surface area contributed by atoms with Gasteiger partial charge in [-0.15, -0.1) is 0 Å².